The summed E-state index contributed by atoms with van der Waals surface area (Å²) in [6, 6.07) is 7.49. The third kappa shape index (κ3) is 3.38. The minimum absolute atomic E-state index is 0.0968. The fraction of sp³-hybridized carbons (Fsp3) is 0.250. The maximum Gasteiger partial charge on any atom is 0.253 e. The molecule has 0 aliphatic carbocycles. The number of carbonyl (C=O) groups is 1. The maximum absolute atomic E-state index is 12.7. The van der Waals surface area contributed by atoms with E-state index in [4.69, 9.17) is 4.42 Å². The fourth-order valence-electron chi connectivity index (χ4n) is 2.61. The van der Waals surface area contributed by atoms with Crippen LogP contribution in [0, 0.1) is 6.92 Å². The van der Waals surface area contributed by atoms with Gasteiger partial charge in [0.1, 0.15) is 17.6 Å². The summed E-state index contributed by atoms with van der Waals surface area (Å²) < 4.78 is 5.53. The second-order valence-electron chi connectivity index (χ2n) is 5.49. The molecule has 0 spiro atoms. The number of aryl methyl sites for hydroxylation is 1. The number of furan rings is 1. The Morgan fingerprint density at radius 3 is 3.08 bits per heavy atom. The van der Waals surface area contributed by atoms with E-state index in [-0.39, 0.29) is 17.7 Å². The Morgan fingerprint density at radius 2 is 2.40 bits per heavy atom. The van der Waals surface area contributed by atoms with Gasteiger partial charge < -0.3 is 4.42 Å². The predicted octanol–water partition coefficient (Wildman–Crippen LogP) is 3.24. The summed E-state index contributed by atoms with van der Waals surface area (Å²) in [6.45, 7) is 1.82. The van der Waals surface area contributed by atoms with E-state index in [2.05, 4.69) is 20.3 Å². The van der Waals surface area contributed by atoms with E-state index in [0.29, 0.717) is 11.6 Å². The van der Waals surface area contributed by atoms with Crippen LogP contribution in [-0.2, 0) is 4.79 Å². The highest BCUT2D eigenvalue weighted by atomic mass is 32.2. The number of rotatable bonds is 5. The lowest BCUT2D eigenvalue weighted by molar-refractivity contribution is -0.130. The standard InChI is InChI=1S/C16H15N5O2S2/c1-10-17-16(19-18-10)25-9-15(22)21-12(13-4-2-6-23-13)8-11(20-21)14-5-3-7-24-14/h2-7,12H,8-9H2,1H3,(H,17,18,19)/t12-/m1/s1. The first-order valence-electron chi connectivity index (χ1n) is 7.69. The quantitative estimate of drug-likeness (QED) is 0.694. The zero-order valence-corrected chi connectivity index (χ0v) is 15.0. The van der Waals surface area contributed by atoms with Crippen LogP contribution in [0.2, 0.25) is 0 Å². The number of amides is 1. The maximum atomic E-state index is 12.7. The van der Waals surface area contributed by atoms with Crippen LogP contribution >= 0.6 is 23.1 Å². The molecule has 0 aromatic carbocycles. The van der Waals surface area contributed by atoms with Crippen molar-refractivity contribution in [1.29, 1.82) is 0 Å². The van der Waals surface area contributed by atoms with Gasteiger partial charge in [-0.3, -0.25) is 9.89 Å². The molecule has 1 atom stereocenters. The molecule has 0 radical (unpaired) electrons. The van der Waals surface area contributed by atoms with Crippen LogP contribution in [0.1, 0.15) is 28.9 Å². The number of aromatic nitrogens is 3. The van der Waals surface area contributed by atoms with E-state index in [0.717, 1.165) is 22.2 Å². The normalized spacial score (nSPS) is 17.1. The third-order valence-electron chi connectivity index (χ3n) is 3.74. The SMILES string of the molecule is Cc1nc(SCC(=O)N2N=C(c3cccs3)C[C@@H]2c2ccco2)n[nH]1. The third-order valence-corrected chi connectivity index (χ3v) is 5.50. The van der Waals surface area contributed by atoms with Gasteiger partial charge in [-0.2, -0.15) is 5.10 Å². The second-order valence-corrected chi connectivity index (χ2v) is 7.38. The first kappa shape index (κ1) is 16.1. The number of nitrogens with one attached hydrogen (secondary N) is 1. The highest BCUT2D eigenvalue weighted by Gasteiger charge is 2.35. The number of H-pyrrole nitrogens is 1. The minimum Gasteiger partial charge on any atom is -0.467 e. The molecule has 128 valence electrons. The topological polar surface area (TPSA) is 87.4 Å². The van der Waals surface area contributed by atoms with Gasteiger partial charge >= 0.3 is 0 Å². The van der Waals surface area contributed by atoms with E-state index in [1.54, 1.807) is 17.6 Å². The fourth-order valence-corrected chi connectivity index (χ4v) is 4.03. The van der Waals surface area contributed by atoms with E-state index in [1.165, 1.54) is 16.8 Å². The largest absolute Gasteiger partial charge is 0.467 e. The van der Waals surface area contributed by atoms with E-state index in [9.17, 15) is 4.79 Å². The van der Waals surface area contributed by atoms with Crippen molar-refractivity contribution in [3.05, 3.63) is 52.4 Å². The van der Waals surface area contributed by atoms with Gasteiger partial charge in [-0.25, -0.2) is 9.99 Å². The molecule has 0 unspecified atom stereocenters. The highest BCUT2D eigenvalue weighted by Crippen LogP contribution is 2.34. The van der Waals surface area contributed by atoms with Gasteiger partial charge in [0, 0.05) is 6.42 Å². The van der Waals surface area contributed by atoms with Crippen LogP contribution < -0.4 is 0 Å². The first-order chi connectivity index (χ1) is 12.2. The van der Waals surface area contributed by atoms with Crippen LogP contribution in [0.3, 0.4) is 0 Å². The van der Waals surface area contributed by atoms with Crippen molar-refractivity contribution in [3.8, 4) is 0 Å². The molecule has 4 heterocycles. The minimum atomic E-state index is -0.214. The van der Waals surface area contributed by atoms with Crippen molar-refractivity contribution in [2.75, 3.05) is 5.75 Å². The Balaban J connectivity index is 1.53. The molecule has 0 saturated heterocycles. The summed E-state index contributed by atoms with van der Waals surface area (Å²) in [6.07, 6.45) is 2.26. The lowest BCUT2D eigenvalue weighted by atomic mass is 10.1. The molecule has 9 heteroatoms. The van der Waals surface area contributed by atoms with Gasteiger partial charge in [-0.05, 0) is 30.5 Å². The van der Waals surface area contributed by atoms with Crippen LogP contribution in [-0.4, -0.2) is 37.6 Å². The lowest BCUT2D eigenvalue weighted by Gasteiger charge is -2.19. The zero-order chi connectivity index (χ0) is 17.2. The number of nitrogens with zero attached hydrogens (tertiary/aromatic N) is 4. The smallest absolute Gasteiger partial charge is 0.253 e. The number of hydrazone groups is 1. The summed E-state index contributed by atoms with van der Waals surface area (Å²) in [5.41, 5.74) is 0.906. The zero-order valence-electron chi connectivity index (χ0n) is 13.4. The van der Waals surface area contributed by atoms with E-state index < -0.39 is 0 Å². The molecule has 0 saturated carbocycles. The molecule has 7 nitrogen and oxygen atoms in total. The number of hydrogen-bond acceptors (Lipinski definition) is 7. The Hall–Kier alpha value is -2.39. The summed E-state index contributed by atoms with van der Waals surface area (Å²) >= 11 is 2.91. The lowest BCUT2D eigenvalue weighted by Crippen LogP contribution is -2.28. The Morgan fingerprint density at radius 1 is 1.48 bits per heavy atom. The molecule has 3 aromatic heterocycles. The molecule has 1 aliphatic heterocycles. The molecule has 25 heavy (non-hydrogen) atoms. The highest BCUT2D eigenvalue weighted by molar-refractivity contribution is 7.99. The number of carbonyl (C=O) groups excluding carboxylic acids is 1. The van der Waals surface area contributed by atoms with Crippen LogP contribution in [0.5, 0.6) is 0 Å². The van der Waals surface area contributed by atoms with Gasteiger partial charge in [0.25, 0.3) is 5.91 Å². The van der Waals surface area contributed by atoms with Crippen molar-refractivity contribution in [1.82, 2.24) is 20.2 Å². The molecule has 0 bridgehead atoms. The van der Waals surface area contributed by atoms with Crippen molar-refractivity contribution in [2.24, 2.45) is 5.10 Å². The van der Waals surface area contributed by atoms with Gasteiger partial charge in [0.05, 0.1) is 22.6 Å². The average molecular weight is 373 g/mol. The number of hydrogen-bond donors (Lipinski definition) is 1. The van der Waals surface area contributed by atoms with Crippen LogP contribution in [0.4, 0.5) is 0 Å². The number of aromatic amines is 1. The monoisotopic (exact) mass is 373 g/mol. The first-order valence-corrected chi connectivity index (χ1v) is 9.56. The predicted molar refractivity (Wildman–Crippen MR) is 95.6 cm³/mol. The Kier molecular flexibility index (Phi) is 4.41. The molecule has 0 fully saturated rings. The van der Waals surface area contributed by atoms with Gasteiger partial charge in [-0.1, -0.05) is 17.8 Å². The molecular formula is C16H15N5O2S2. The van der Waals surface area contributed by atoms with Crippen molar-refractivity contribution in [3.63, 3.8) is 0 Å². The molecule has 3 aromatic rings. The molecular weight excluding hydrogens is 358 g/mol. The molecule has 1 amide bonds. The van der Waals surface area contributed by atoms with Crippen LogP contribution in [0.15, 0.2) is 50.6 Å². The Labute approximate surface area is 152 Å². The molecule has 1 N–H and O–H groups in total. The van der Waals surface area contributed by atoms with Gasteiger partial charge in [0.15, 0.2) is 0 Å². The number of thioether (sulfide) groups is 1. The summed E-state index contributed by atoms with van der Waals surface area (Å²) in [7, 11) is 0. The summed E-state index contributed by atoms with van der Waals surface area (Å²) in [5, 5.41) is 15.5. The molecule has 4 rings (SSSR count). The van der Waals surface area contributed by atoms with E-state index in [1.807, 2.05) is 36.6 Å². The summed E-state index contributed by atoms with van der Waals surface area (Å²) in [5.74, 6) is 1.58. The van der Waals surface area contributed by atoms with Crippen molar-refractivity contribution < 1.29 is 9.21 Å². The van der Waals surface area contributed by atoms with Crippen molar-refractivity contribution in [2.45, 2.75) is 24.5 Å². The summed E-state index contributed by atoms with van der Waals surface area (Å²) in [4.78, 5) is 18.0. The number of thiophene rings is 1. The van der Waals surface area contributed by atoms with Gasteiger partial charge in [0.2, 0.25) is 5.16 Å². The van der Waals surface area contributed by atoms with E-state index >= 15 is 0 Å². The Bertz CT molecular complexity index is 886. The van der Waals surface area contributed by atoms with Crippen molar-refractivity contribution >= 4 is 34.7 Å². The van der Waals surface area contributed by atoms with Gasteiger partial charge in [-0.15, -0.1) is 16.4 Å². The van der Waals surface area contributed by atoms with Crippen LogP contribution in [0.25, 0.3) is 0 Å². The second kappa shape index (κ2) is 6.85. The average Bonchev–Trinajstić information content (AvgIpc) is 3.38. The molecule has 1 aliphatic rings.